The zero-order valence-corrected chi connectivity index (χ0v) is 8.20. The highest BCUT2D eigenvalue weighted by Crippen LogP contribution is 2.29. The summed E-state index contributed by atoms with van der Waals surface area (Å²) >= 11 is 1.60. The van der Waals surface area contributed by atoms with Crippen LogP contribution in [0.2, 0.25) is 0 Å². The van der Waals surface area contributed by atoms with Gasteiger partial charge in [-0.25, -0.2) is 4.79 Å². The second-order valence-corrected chi connectivity index (χ2v) is 4.00. The molecule has 3 nitrogen and oxygen atoms in total. The first-order valence-corrected chi connectivity index (χ1v) is 4.70. The SMILES string of the molecule is COC(=O)c1c(C)sc2cc[nH]c12. The number of fused-ring (bicyclic) bond motifs is 1. The summed E-state index contributed by atoms with van der Waals surface area (Å²) in [6, 6.07) is 1.96. The van der Waals surface area contributed by atoms with Gasteiger partial charge in [0.05, 0.1) is 22.9 Å². The number of aryl methyl sites for hydroxylation is 1. The van der Waals surface area contributed by atoms with Crippen LogP contribution < -0.4 is 0 Å². The van der Waals surface area contributed by atoms with Crippen LogP contribution >= 0.6 is 11.3 Å². The van der Waals surface area contributed by atoms with Crippen LogP contribution in [0.15, 0.2) is 12.3 Å². The van der Waals surface area contributed by atoms with Crippen molar-refractivity contribution < 1.29 is 9.53 Å². The predicted octanol–water partition coefficient (Wildman–Crippen LogP) is 2.32. The maximum absolute atomic E-state index is 11.4. The van der Waals surface area contributed by atoms with Gasteiger partial charge in [0.1, 0.15) is 0 Å². The van der Waals surface area contributed by atoms with Gasteiger partial charge in [-0.2, -0.15) is 0 Å². The Kier molecular flexibility index (Phi) is 1.84. The average Bonchev–Trinajstić information content (AvgIpc) is 2.62. The van der Waals surface area contributed by atoms with E-state index in [0.29, 0.717) is 5.56 Å². The van der Waals surface area contributed by atoms with E-state index in [4.69, 9.17) is 4.74 Å². The summed E-state index contributed by atoms with van der Waals surface area (Å²) in [4.78, 5) is 15.4. The normalized spacial score (nSPS) is 10.6. The number of aromatic amines is 1. The van der Waals surface area contributed by atoms with Crippen molar-refractivity contribution in [3.63, 3.8) is 0 Å². The van der Waals surface area contributed by atoms with Gasteiger partial charge >= 0.3 is 5.97 Å². The topological polar surface area (TPSA) is 42.1 Å². The van der Waals surface area contributed by atoms with Gasteiger partial charge in [0.25, 0.3) is 0 Å². The third kappa shape index (κ3) is 1.14. The lowest BCUT2D eigenvalue weighted by atomic mass is 10.2. The molecule has 0 aliphatic carbocycles. The lowest BCUT2D eigenvalue weighted by molar-refractivity contribution is 0.0602. The summed E-state index contributed by atoms with van der Waals surface area (Å²) in [6.07, 6.45) is 1.83. The van der Waals surface area contributed by atoms with Crippen molar-refractivity contribution in [1.82, 2.24) is 4.98 Å². The molecule has 0 aliphatic rings. The van der Waals surface area contributed by atoms with Gasteiger partial charge in [-0.1, -0.05) is 0 Å². The van der Waals surface area contributed by atoms with Gasteiger partial charge < -0.3 is 9.72 Å². The fourth-order valence-electron chi connectivity index (χ4n) is 1.38. The van der Waals surface area contributed by atoms with E-state index in [-0.39, 0.29) is 5.97 Å². The number of hydrogen-bond donors (Lipinski definition) is 1. The van der Waals surface area contributed by atoms with Crippen molar-refractivity contribution in [3.8, 4) is 0 Å². The Labute approximate surface area is 79.3 Å². The van der Waals surface area contributed by atoms with Crippen LogP contribution in [-0.4, -0.2) is 18.1 Å². The molecule has 2 heterocycles. The summed E-state index contributed by atoms with van der Waals surface area (Å²) in [7, 11) is 1.40. The molecule has 0 saturated carbocycles. The number of methoxy groups -OCH3 is 1. The molecule has 2 aromatic rings. The zero-order chi connectivity index (χ0) is 9.42. The smallest absolute Gasteiger partial charge is 0.341 e. The zero-order valence-electron chi connectivity index (χ0n) is 7.38. The maximum atomic E-state index is 11.4. The van der Waals surface area contributed by atoms with Crippen LogP contribution in [0.3, 0.4) is 0 Å². The number of rotatable bonds is 1. The third-order valence-electron chi connectivity index (χ3n) is 1.96. The van der Waals surface area contributed by atoms with Crippen LogP contribution in [0.4, 0.5) is 0 Å². The molecule has 0 unspecified atom stereocenters. The summed E-state index contributed by atoms with van der Waals surface area (Å²) in [6.45, 7) is 1.92. The monoisotopic (exact) mass is 195 g/mol. The summed E-state index contributed by atoms with van der Waals surface area (Å²) in [5.74, 6) is -0.272. The Morgan fingerprint density at radius 3 is 3.08 bits per heavy atom. The molecular formula is C9H9NO2S. The van der Waals surface area contributed by atoms with Crippen LogP contribution in [0.5, 0.6) is 0 Å². The molecule has 13 heavy (non-hydrogen) atoms. The molecule has 0 atom stereocenters. The van der Waals surface area contributed by atoms with Gasteiger partial charge in [0.2, 0.25) is 0 Å². The molecule has 2 aromatic heterocycles. The van der Waals surface area contributed by atoms with Crippen molar-refractivity contribution in [1.29, 1.82) is 0 Å². The molecular weight excluding hydrogens is 186 g/mol. The molecule has 0 bridgehead atoms. The minimum atomic E-state index is -0.272. The van der Waals surface area contributed by atoms with Gasteiger partial charge in [-0.05, 0) is 13.0 Å². The maximum Gasteiger partial charge on any atom is 0.341 e. The first-order chi connectivity index (χ1) is 6.24. The van der Waals surface area contributed by atoms with Crippen LogP contribution in [-0.2, 0) is 4.74 Å². The Bertz CT molecular complexity index is 455. The van der Waals surface area contributed by atoms with E-state index < -0.39 is 0 Å². The molecule has 68 valence electrons. The van der Waals surface area contributed by atoms with Crippen molar-refractivity contribution in [2.24, 2.45) is 0 Å². The van der Waals surface area contributed by atoms with Gasteiger partial charge in [-0.15, -0.1) is 11.3 Å². The number of ether oxygens (including phenoxy) is 1. The number of carbonyl (C=O) groups excluding carboxylic acids is 1. The summed E-state index contributed by atoms with van der Waals surface area (Å²) < 4.78 is 5.80. The molecule has 0 saturated heterocycles. The highest BCUT2D eigenvalue weighted by molar-refractivity contribution is 7.19. The first-order valence-electron chi connectivity index (χ1n) is 3.89. The molecule has 0 aromatic carbocycles. The number of hydrogen-bond acceptors (Lipinski definition) is 3. The lowest BCUT2D eigenvalue weighted by Gasteiger charge is -1.96. The number of esters is 1. The Hall–Kier alpha value is -1.29. The van der Waals surface area contributed by atoms with E-state index in [1.165, 1.54) is 7.11 Å². The van der Waals surface area contributed by atoms with E-state index in [1.807, 2.05) is 19.2 Å². The van der Waals surface area contributed by atoms with E-state index in [1.54, 1.807) is 11.3 Å². The van der Waals surface area contributed by atoms with Gasteiger partial charge in [0, 0.05) is 11.1 Å². The molecule has 2 rings (SSSR count). The Balaban J connectivity index is 2.70. The Morgan fingerprint density at radius 2 is 2.38 bits per heavy atom. The van der Waals surface area contributed by atoms with E-state index in [9.17, 15) is 4.79 Å². The fourth-order valence-corrected chi connectivity index (χ4v) is 2.39. The molecule has 0 spiro atoms. The third-order valence-corrected chi connectivity index (χ3v) is 3.03. The minimum Gasteiger partial charge on any atom is -0.465 e. The van der Waals surface area contributed by atoms with Crippen molar-refractivity contribution in [2.75, 3.05) is 7.11 Å². The first kappa shape index (κ1) is 8.31. The second kappa shape index (κ2) is 2.88. The molecule has 0 fully saturated rings. The summed E-state index contributed by atoms with van der Waals surface area (Å²) in [5, 5.41) is 0. The van der Waals surface area contributed by atoms with E-state index in [2.05, 4.69) is 4.98 Å². The van der Waals surface area contributed by atoms with Gasteiger partial charge in [-0.3, -0.25) is 0 Å². The van der Waals surface area contributed by atoms with Crippen LogP contribution in [0.25, 0.3) is 10.2 Å². The van der Waals surface area contributed by atoms with E-state index in [0.717, 1.165) is 15.1 Å². The number of aromatic nitrogens is 1. The molecule has 1 N–H and O–H groups in total. The van der Waals surface area contributed by atoms with Crippen LogP contribution in [0, 0.1) is 6.92 Å². The number of thiophene rings is 1. The Morgan fingerprint density at radius 1 is 1.62 bits per heavy atom. The van der Waals surface area contributed by atoms with Crippen LogP contribution in [0.1, 0.15) is 15.2 Å². The summed E-state index contributed by atoms with van der Waals surface area (Å²) in [5.41, 5.74) is 1.54. The van der Waals surface area contributed by atoms with Crippen molar-refractivity contribution >= 4 is 27.5 Å². The average molecular weight is 195 g/mol. The van der Waals surface area contributed by atoms with Crippen molar-refractivity contribution in [3.05, 3.63) is 22.7 Å². The predicted molar refractivity (Wildman–Crippen MR) is 52.3 cm³/mol. The fraction of sp³-hybridized carbons (Fsp3) is 0.222. The van der Waals surface area contributed by atoms with E-state index >= 15 is 0 Å². The van der Waals surface area contributed by atoms with Crippen molar-refractivity contribution in [2.45, 2.75) is 6.92 Å². The minimum absolute atomic E-state index is 0.272. The molecule has 0 aliphatic heterocycles. The second-order valence-electron chi connectivity index (χ2n) is 2.74. The number of nitrogens with one attached hydrogen (secondary N) is 1. The largest absolute Gasteiger partial charge is 0.465 e. The highest BCUT2D eigenvalue weighted by Gasteiger charge is 2.17. The molecule has 0 radical (unpaired) electrons. The number of H-pyrrole nitrogens is 1. The standard InChI is InChI=1S/C9H9NO2S/c1-5-7(9(11)12-2)8-6(13-5)3-4-10-8/h3-4,10H,1-2H3. The molecule has 0 amide bonds. The lowest BCUT2D eigenvalue weighted by Crippen LogP contribution is -2.01. The highest BCUT2D eigenvalue weighted by atomic mass is 32.1. The number of carbonyl (C=O) groups is 1. The van der Waals surface area contributed by atoms with Gasteiger partial charge in [0.15, 0.2) is 0 Å². The molecule has 4 heteroatoms. The quantitative estimate of drug-likeness (QED) is 0.709.